The van der Waals surface area contributed by atoms with Crippen molar-refractivity contribution in [3.63, 3.8) is 0 Å². The van der Waals surface area contributed by atoms with Gasteiger partial charge in [0.15, 0.2) is 0 Å². The van der Waals surface area contributed by atoms with Gasteiger partial charge in [0.2, 0.25) is 15.9 Å². The summed E-state index contributed by atoms with van der Waals surface area (Å²) in [7, 11) is -3.54. The van der Waals surface area contributed by atoms with E-state index in [9.17, 15) is 17.6 Å². The molecule has 9 heteroatoms. The molecule has 0 unspecified atom stereocenters. The highest BCUT2D eigenvalue weighted by Crippen LogP contribution is 2.27. The molecular formula is C23H28FN3O3S2. The number of sulfonamides is 1. The third-order valence-electron chi connectivity index (χ3n) is 6.28. The Labute approximate surface area is 193 Å². The van der Waals surface area contributed by atoms with Crippen LogP contribution in [0.5, 0.6) is 0 Å². The molecule has 0 bridgehead atoms. The van der Waals surface area contributed by atoms with Gasteiger partial charge in [0.05, 0.1) is 4.90 Å². The Bertz CT molecular complexity index is 1030. The van der Waals surface area contributed by atoms with Crippen LogP contribution < -0.4 is 4.90 Å². The average molecular weight is 478 g/mol. The molecule has 1 amide bonds. The lowest BCUT2D eigenvalue weighted by atomic mass is 9.96. The molecule has 6 nitrogen and oxygen atoms in total. The Balaban J connectivity index is 1.30. The first kappa shape index (κ1) is 23.1. The zero-order valence-electron chi connectivity index (χ0n) is 18.1. The van der Waals surface area contributed by atoms with E-state index in [0.717, 1.165) is 10.6 Å². The smallest absolute Gasteiger partial charge is 0.243 e. The van der Waals surface area contributed by atoms with Crippen molar-refractivity contribution in [3.05, 3.63) is 54.3 Å². The van der Waals surface area contributed by atoms with Crippen LogP contribution in [0.4, 0.5) is 10.1 Å². The first-order valence-corrected chi connectivity index (χ1v) is 13.5. The molecular weight excluding hydrogens is 449 g/mol. The van der Waals surface area contributed by atoms with E-state index < -0.39 is 10.0 Å². The summed E-state index contributed by atoms with van der Waals surface area (Å²) in [5, 5.41) is 0. The summed E-state index contributed by atoms with van der Waals surface area (Å²) in [4.78, 5) is 18.4. The maximum absolute atomic E-state index is 13.1. The van der Waals surface area contributed by atoms with Crippen LogP contribution in [-0.2, 0) is 14.8 Å². The summed E-state index contributed by atoms with van der Waals surface area (Å²) < 4.78 is 40.5. The minimum Gasteiger partial charge on any atom is -0.368 e. The molecule has 4 rings (SSSR count). The van der Waals surface area contributed by atoms with E-state index >= 15 is 0 Å². The van der Waals surface area contributed by atoms with Crippen LogP contribution in [0.2, 0.25) is 0 Å². The quantitative estimate of drug-likeness (QED) is 0.619. The number of carbonyl (C=O) groups excluding carboxylic acids is 1. The standard InChI is InChI=1S/C23H28FN3O3S2/c1-31-21-6-8-22(9-7-21)32(29,30)27-12-10-18(11-13-27)23(28)26-16-14-25(15-17-26)20-4-2-19(24)3-5-20/h2-9,18H,10-17H2,1H3. The molecule has 2 aromatic rings. The van der Waals surface area contributed by atoms with Gasteiger partial charge in [-0.1, -0.05) is 0 Å². The van der Waals surface area contributed by atoms with Crippen molar-refractivity contribution in [2.75, 3.05) is 50.4 Å². The fourth-order valence-corrected chi connectivity index (χ4v) is 6.21. The molecule has 2 heterocycles. The van der Waals surface area contributed by atoms with Crippen LogP contribution in [0.3, 0.4) is 0 Å². The molecule has 0 spiro atoms. The molecule has 32 heavy (non-hydrogen) atoms. The Morgan fingerprint density at radius 2 is 1.50 bits per heavy atom. The summed E-state index contributed by atoms with van der Waals surface area (Å²) in [5.74, 6) is -0.282. The SMILES string of the molecule is CSc1ccc(S(=O)(=O)N2CCC(C(=O)N3CCN(c4ccc(F)cc4)CC3)CC2)cc1. The Morgan fingerprint density at radius 1 is 0.906 bits per heavy atom. The fraction of sp³-hybridized carbons (Fsp3) is 0.435. The zero-order chi connectivity index (χ0) is 22.7. The highest BCUT2D eigenvalue weighted by molar-refractivity contribution is 7.98. The van der Waals surface area contributed by atoms with Crippen molar-refractivity contribution >= 4 is 33.4 Å². The molecule has 0 aliphatic carbocycles. The largest absolute Gasteiger partial charge is 0.368 e. The van der Waals surface area contributed by atoms with Gasteiger partial charge in [0.1, 0.15) is 5.82 Å². The highest BCUT2D eigenvalue weighted by atomic mass is 32.2. The second-order valence-electron chi connectivity index (χ2n) is 8.14. The summed E-state index contributed by atoms with van der Waals surface area (Å²) >= 11 is 1.57. The molecule has 0 N–H and O–H groups in total. The van der Waals surface area contributed by atoms with Crippen molar-refractivity contribution < 1.29 is 17.6 Å². The maximum Gasteiger partial charge on any atom is 0.243 e. The van der Waals surface area contributed by atoms with E-state index in [4.69, 9.17) is 0 Å². The molecule has 0 radical (unpaired) electrons. The minimum atomic E-state index is -3.54. The molecule has 2 aliphatic rings. The van der Waals surface area contributed by atoms with Gasteiger partial charge in [0, 0.05) is 55.8 Å². The second-order valence-corrected chi connectivity index (χ2v) is 11.0. The summed E-state index contributed by atoms with van der Waals surface area (Å²) in [6.45, 7) is 3.37. The van der Waals surface area contributed by atoms with E-state index in [1.807, 2.05) is 23.3 Å². The lowest BCUT2D eigenvalue weighted by Gasteiger charge is -2.39. The predicted octanol–water partition coefficient (Wildman–Crippen LogP) is 3.30. The van der Waals surface area contributed by atoms with Gasteiger partial charge in [-0.2, -0.15) is 4.31 Å². The van der Waals surface area contributed by atoms with E-state index in [2.05, 4.69) is 4.90 Å². The van der Waals surface area contributed by atoms with Crippen molar-refractivity contribution in [3.8, 4) is 0 Å². The van der Waals surface area contributed by atoms with Crippen LogP contribution in [0.15, 0.2) is 58.3 Å². The molecule has 2 saturated heterocycles. The lowest BCUT2D eigenvalue weighted by molar-refractivity contribution is -0.137. The van der Waals surface area contributed by atoms with Crippen LogP contribution in [-0.4, -0.2) is 69.1 Å². The third kappa shape index (κ3) is 4.94. The predicted molar refractivity (Wildman–Crippen MR) is 125 cm³/mol. The number of piperidine rings is 1. The highest BCUT2D eigenvalue weighted by Gasteiger charge is 2.34. The number of halogens is 1. The van der Waals surface area contributed by atoms with Gasteiger partial charge >= 0.3 is 0 Å². The number of carbonyl (C=O) groups is 1. The number of nitrogens with zero attached hydrogens (tertiary/aromatic N) is 3. The Kier molecular flexibility index (Phi) is 7.07. The van der Waals surface area contributed by atoms with E-state index in [-0.39, 0.29) is 17.6 Å². The average Bonchev–Trinajstić information content (AvgIpc) is 2.84. The van der Waals surface area contributed by atoms with Gasteiger partial charge in [-0.05, 0) is 67.6 Å². The molecule has 0 aromatic heterocycles. The lowest BCUT2D eigenvalue weighted by Crippen LogP contribution is -2.52. The van der Waals surface area contributed by atoms with Crippen molar-refractivity contribution in [2.45, 2.75) is 22.6 Å². The van der Waals surface area contributed by atoms with Crippen LogP contribution >= 0.6 is 11.8 Å². The van der Waals surface area contributed by atoms with Crippen molar-refractivity contribution in [2.24, 2.45) is 5.92 Å². The topological polar surface area (TPSA) is 60.9 Å². The molecule has 172 valence electrons. The van der Waals surface area contributed by atoms with Gasteiger partial charge < -0.3 is 9.80 Å². The first-order valence-electron chi connectivity index (χ1n) is 10.8. The molecule has 2 fully saturated rings. The van der Waals surface area contributed by atoms with Crippen LogP contribution in [0.25, 0.3) is 0 Å². The summed E-state index contributed by atoms with van der Waals surface area (Å²) in [6, 6.07) is 13.4. The minimum absolute atomic E-state index is 0.116. The van der Waals surface area contributed by atoms with Gasteiger partial charge in [-0.15, -0.1) is 11.8 Å². The molecule has 2 aromatic carbocycles. The number of amides is 1. The van der Waals surface area contributed by atoms with E-state index in [0.29, 0.717) is 57.0 Å². The Hall–Kier alpha value is -2.10. The molecule has 0 atom stereocenters. The number of thioether (sulfide) groups is 1. The summed E-state index contributed by atoms with van der Waals surface area (Å²) in [5.41, 5.74) is 0.961. The molecule has 2 aliphatic heterocycles. The summed E-state index contributed by atoms with van der Waals surface area (Å²) in [6.07, 6.45) is 3.03. The van der Waals surface area contributed by atoms with Gasteiger partial charge in [-0.3, -0.25) is 4.79 Å². The van der Waals surface area contributed by atoms with E-state index in [1.165, 1.54) is 16.4 Å². The van der Waals surface area contributed by atoms with Crippen molar-refractivity contribution in [1.29, 1.82) is 0 Å². The number of hydrogen-bond acceptors (Lipinski definition) is 5. The number of rotatable bonds is 5. The second kappa shape index (κ2) is 9.80. The van der Waals surface area contributed by atoms with Gasteiger partial charge in [0.25, 0.3) is 0 Å². The zero-order valence-corrected chi connectivity index (χ0v) is 19.7. The normalized spacial score (nSPS) is 18.7. The van der Waals surface area contributed by atoms with E-state index in [1.54, 1.807) is 36.0 Å². The number of hydrogen-bond donors (Lipinski definition) is 0. The van der Waals surface area contributed by atoms with Gasteiger partial charge in [-0.25, -0.2) is 12.8 Å². The van der Waals surface area contributed by atoms with Crippen LogP contribution in [0.1, 0.15) is 12.8 Å². The van der Waals surface area contributed by atoms with Crippen LogP contribution in [0, 0.1) is 11.7 Å². The number of anilines is 1. The van der Waals surface area contributed by atoms with Crippen molar-refractivity contribution in [1.82, 2.24) is 9.21 Å². The number of benzene rings is 2. The fourth-order valence-electron chi connectivity index (χ4n) is 4.34. The number of piperazine rings is 1. The Morgan fingerprint density at radius 3 is 2.06 bits per heavy atom. The maximum atomic E-state index is 13.1. The third-order valence-corrected chi connectivity index (χ3v) is 8.94. The first-order chi connectivity index (χ1) is 15.4. The molecule has 0 saturated carbocycles. The monoisotopic (exact) mass is 477 g/mol.